The summed E-state index contributed by atoms with van der Waals surface area (Å²) in [5.41, 5.74) is 5.46. The summed E-state index contributed by atoms with van der Waals surface area (Å²) in [5, 5.41) is 22.1. The molecule has 0 bridgehead atoms. The molecule has 4 fully saturated rings. The van der Waals surface area contributed by atoms with Gasteiger partial charge in [-0.1, -0.05) is 135 Å². The third-order valence-electron chi connectivity index (χ3n) is 16.0. The number of aliphatic carboxylic acids is 2. The largest absolute Gasteiger partial charge is 0.481 e. The van der Waals surface area contributed by atoms with Crippen molar-refractivity contribution < 1.29 is 29.4 Å². The van der Waals surface area contributed by atoms with E-state index in [0.717, 1.165) is 70.7 Å². The number of amides is 2. The first-order valence-electron chi connectivity index (χ1n) is 26.4. The number of hydrogen-bond acceptors (Lipinski definition) is 6. The molecule has 76 heavy (non-hydrogen) atoms. The van der Waals surface area contributed by atoms with Crippen LogP contribution < -0.4 is 0 Å². The highest BCUT2D eigenvalue weighted by Crippen LogP contribution is 2.56. The van der Waals surface area contributed by atoms with Gasteiger partial charge in [0.25, 0.3) is 0 Å². The van der Waals surface area contributed by atoms with Gasteiger partial charge in [-0.3, -0.25) is 29.1 Å². The number of nitrogens with zero attached hydrogens (tertiary/aromatic N) is 4. The molecule has 10 nitrogen and oxygen atoms in total. The number of aromatic nitrogens is 2. The monoisotopic (exact) mass is 1100 g/mol. The van der Waals surface area contributed by atoms with E-state index in [-0.39, 0.29) is 60.7 Å². The zero-order chi connectivity index (χ0) is 54.1. The molecule has 4 aliphatic rings. The smallest absolute Gasteiger partial charge is 0.304 e. The Labute approximate surface area is 465 Å². The van der Waals surface area contributed by atoms with Gasteiger partial charge in [-0.2, -0.15) is 0 Å². The summed E-state index contributed by atoms with van der Waals surface area (Å²) in [6.45, 7) is 7.68. The molecule has 2 aliphatic heterocycles. The molecule has 396 valence electrons. The van der Waals surface area contributed by atoms with E-state index >= 15 is 0 Å². The summed E-state index contributed by atoms with van der Waals surface area (Å²) in [7, 11) is 0. The summed E-state index contributed by atoms with van der Waals surface area (Å²) >= 11 is 25.4. The van der Waals surface area contributed by atoms with Crippen molar-refractivity contribution in [1.29, 1.82) is 0 Å². The molecule has 6 aromatic rings. The first-order valence-corrected chi connectivity index (χ1v) is 28.0. The summed E-state index contributed by atoms with van der Waals surface area (Å²) in [4.78, 5) is 66.9. The number of halogens is 4. The van der Waals surface area contributed by atoms with Crippen LogP contribution >= 0.6 is 46.4 Å². The minimum atomic E-state index is -1.09. The lowest BCUT2D eigenvalue weighted by atomic mass is 9.67. The second-order valence-electron chi connectivity index (χ2n) is 21.8. The molecule has 4 heterocycles. The molecule has 4 aromatic carbocycles. The number of carboxylic acid groups (broad SMARTS) is 2. The van der Waals surface area contributed by atoms with Crippen molar-refractivity contribution in [3.63, 3.8) is 0 Å². The third kappa shape index (κ3) is 12.0. The lowest BCUT2D eigenvalue weighted by molar-refractivity contribution is -0.161. The maximum Gasteiger partial charge on any atom is 0.304 e. The van der Waals surface area contributed by atoms with Gasteiger partial charge in [-0.25, -0.2) is 0 Å². The van der Waals surface area contributed by atoms with E-state index in [2.05, 4.69) is 26.0 Å². The Hall–Kier alpha value is -5.78. The minimum Gasteiger partial charge on any atom is -0.481 e. The fourth-order valence-electron chi connectivity index (χ4n) is 12.1. The Morgan fingerprint density at radius 2 is 0.882 bits per heavy atom. The van der Waals surface area contributed by atoms with Crippen LogP contribution in [0.2, 0.25) is 20.1 Å². The van der Waals surface area contributed by atoms with Crippen molar-refractivity contribution in [3.05, 3.63) is 199 Å². The number of carboxylic acids is 2. The number of rotatable bonds is 16. The second kappa shape index (κ2) is 23.1. The molecule has 0 unspecified atom stereocenters. The zero-order valence-electron chi connectivity index (χ0n) is 43.2. The number of pyridine rings is 2. The summed E-state index contributed by atoms with van der Waals surface area (Å²) in [5.74, 6) is -1.71. The van der Waals surface area contributed by atoms with Crippen molar-refractivity contribution in [2.24, 2.45) is 10.8 Å². The Morgan fingerprint density at radius 3 is 1.20 bits per heavy atom. The molecule has 2 aromatic heterocycles. The number of likely N-dealkylation sites (tertiary alicyclic amines) is 2. The highest BCUT2D eigenvalue weighted by molar-refractivity contribution is 6.31. The van der Waals surface area contributed by atoms with Crippen LogP contribution in [0.25, 0.3) is 0 Å². The Balaban J connectivity index is 0.000000186. The standard InChI is InChI=1S/2C31H32Cl2N2O3/c2*1-3-27(26-9-5-8-25(34-26)19-10-11-19)35-29(20-12-14-22(32)15-13-20)24(21-6-4-7-23(33)16-21)17-31(2,30(35)38)18-28(36)37/h2*4-9,12-16,19,24,27,29H,3,10-11,17-18H2,1-2H3,(H,36,37)/t24-,27+,29-,31-;24-,27-,29-,31-/m11/s1. The second-order valence-corrected chi connectivity index (χ2v) is 23.5. The van der Waals surface area contributed by atoms with Crippen molar-refractivity contribution >= 4 is 70.2 Å². The summed E-state index contributed by atoms with van der Waals surface area (Å²) < 4.78 is 0. The van der Waals surface area contributed by atoms with Crippen molar-refractivity contribution in [3.8, 4) is 0 Å². The fraction of sp³-hybridized carbons (Fsp3) is 0.387. The third-order valence-corrected chi connectivity index (χ3v) is 16.9. The predicted molar refractivity (Wildman–Crippen MR) is 299 cm³/mol. The Bertz CT molecular complexity index is 2890. The maximum absolute atomic E-state index is 14.5. The van der Waals surface area contributed by atoms with Gasteiger partial charge in [-0.15, -0.1) is 0 Å². The molecule has 2 saturated carbocycles. The first-order chi connectivity index (χ1) is 36.4. The van der Waals surface area contributed by atoms with E-state index in [1.807, 2.05) is 131 Å². The Kier molecular flexibility index (Phi) is 16.7. The first kappa shape index (κ1) is 55.0. The molecular weight excluding hydrogens is 1040 g/mol. The number of benzene rings is 4. The van der Waals surface area contributed by atoms with E-state index in [0.29, 0.717) is 57.6 Å². The van der Waals surface area contributed by atoms with E-state index < -0.39 is 22.8 Å². The molecule has 8 atom stereocenters. The quantitative estimate of drug-likeness (QED) is 0.0976. The average Bonchev–Trinajstić information content (AvgIpc) is 4.42. The summed E-state index contributed by atoms with van der Waals surface area (Å²) in [6, 6.07) is 41.4. The molecule has 2 aliphatic carbocycles. The highest BCUT2D eigenvalue weighted by atomic mass is 35.5. The van der Waals surface area contributed by atoms with Crippen LogP contribution in [0.3, 0.4) is 0 Å². The minimum absolute atomic E-state index is 0.163. The molecule has 0 radical (unpaired) electrons. The van der Waals surface area contributed by atoms with Gasteiger partial charge >= 0.3 is 11.9 Å². The van der Waals surface area contributed by atoms with Gasteiger partial charge < -0.3 is 20.0 Å². The lowest BCUT2D eigenvalue weighted by Crippen LogP contribution is -2.53. The number of piperidine rings is 2. The van der Waals surface area contributed by atoms with Gasteiger partial charge in [0.15, 0.2) is 0 Å². The van der Waals surface area contributed by atoms with Crippen LogP contribution in [0.1, 0.15) is 185 Å². The number of carbonyl (C=O) groups is 4. The molecule has 2 saturated heterocycles. The van der Waals surface area contributed by atoms with Gasteiger partial charge in [0.05, 0.1) is 59.2 Å². The molecule has 2 N–H and O–H groups in total. The predicted octanol–water partition coefficient (Wildman–Crippen LogP) is 15.9. The zero-order valence-corrected chi connectivity index (χ0v) is 46.2. The van der Waals surface area contributed by atoms with Crippen molar-refractivity contribution in [2.45, 2.75) is 140 Å². The SMILES string of the molecule is CC[C@@H](c1cccc(C2CC2)n1)N1C(=O)[C@@](C)(CC(=O)O)C[C@H](c2cccc(Cl)c2)[C@H]1c1ccc(Cl)cc1.CC[C@H](c1cccc(C2CC2)n1)N1C(=O)[C@@](C)(CC(=O)O)C[C@H](c2cccc(Cl)c2)[C@H]1c1ccc(Cl)cc1. The fourth-order valence-corrected chi connectivity index (χ4v) is 12.7. The molecule has 14 heteroatoms. The Morgan fingerprint density at radius 1 is 0.526 bits per heavy atom. The molecule has 0 spiro atoms. The normalized spacial score (nSPS) is 24.3. The molecular formula is C62H64Cl4N4O6. The summed E-state index contributed by atoms with van der Waals surface area (Å²) in [6.07, 6.45) is 6.09. The number of carbonyl (C=O) groups excluding carboxylic acids is 2. The number of hydrogen-bond donors (Lipinski definition) is 2. The van der Waals surface area contributed by atoms with Crippen molar-refractivity contribution in [1.82, 2.24) is 19.8 Å². The van der Waals surface area contributed by atoms with Gasteiger partial charge in [-0.05, 0) is 146 Å². The van der Waals surface area contributed by atoms with Crippen LogP contribution in [0.5, 0.6) is 0 Å². The van der Waals surface area contributed by atoms with Gasteiger partial charge in [0.2, 0.25) is 11.8 Å². The highest BCUT2D eigenvalue weighted by Gasteiger charge is 2.54. The lowest BCUT2D eigenvalue weighted by Gasteiger charge is -2.51. The van der Waals surface area contributed by atoms with Crippen LogP contribution in [-0.4, -0.2) is 53.7 Å². The molecule has 10 rings (SSSR count). The molecule has 2 amide bonds. The van der Waals surface area contributed by atoms with Gasteiger partial charge in [0.1, 0.15) is 0 Å². The van der Waals surface area contributed by atoms with Crippen LogP contribution in [0.15, 0.2) is 133 Å². The topological polar surface area (TPSA) is 141 Å². The van der Waals surface area contributed by atoms with Crippen LogP contribution in [0.4, 0.5) is 0 Å². The van der Waals surface area contributed by atoms with Crippen LogP contribution in [-0.2, 0) is 19.2 Å². The van der Waals surface area contributed by atoms with E-state index in [4.69, 9.17) is 56.4 Å². The maximum atomic E-state index is 14.5. The average molecular weight is 1100 g/mol. The van der Waals surface area contributed by atoms with E-state index in [1.54, 1.807) is 13.8 Å². The van der Waals surface area contributed by atoms with Crippen LogP contribution in [0, 0.1) is 10.8 Å². The van der Waals surface area contributed by atoms with E-state index in [9.17, 15) is 29.4 Å². The van der Waals surface area contributed by atoms with Crippen molar-refractivity contribution in [2.75, 3.05) is 0 Å². The van der Waals surface area contributed by atoms with Gasteiger partial charge in [0, 0.05) is 55.2 Å². The van der Waals surface area contributed by atoms with E-state index in [1.165, 1.54) is 0 Å².